The number of para-hydroxylation sites is 1. The smallest absolute Gasteiger partial charge is 0.536 e. The summed E-state index contributed by atoms with van der Waals surface area (Å²) in [6.07, 6.45) is 0.555. The molecule has 0 aliphatic heterocycles. The molecule has 0 fully saturated rings. The summed E-state index contributed by atoms with van der Waals surface area (Å²) in [4.78, 5) is 0. The number of hydrogen-bond acceptors (Lipinski definition) is 4. The number of nitrogens with zero attached hydrogens (tertiary/aromatic N) is 1. The van der Waals surface area contributed by atoms with Crippen LogP contribution in [0.5, 0.6) is 5.75 Å². The average molecular weight is 204 g/mol. The summed E-state index contributed by atoms with van der Waals surface area (Å²) in [7, 11) is 1.17. The van der Waals surface area contributed by atoms with E-state index in [2.05, 4.69) is 0 Å². The summed E-state index contributed by atoms with van der Waals surface area (Å²) < 4.78 is 10.1. The highest BCUT2D eigenvalue weighted by atomic mass is 16.6. The summed E-state index contributed by atoms with van der Waals surface area (Å²) in [5, 5.41) is 17.2. The monoisotopic (exact) mass is 204 g/mol. The van der Waals surface area contributed by atoms with Crippen molar-refractivity contribution in [2.24, 2.45) is 0 Å². The second-order valence-corrected chi connectivity index (χ2v) is 2.77. The van der Waals surface area contributed by atoms with E-state index in [4.69, 9.17) is 19.7 Å². The Bertz CT molecular complexity index is 338. The van der Waals surface area contributed by atoms with Gasteiger partial charge in [-0.3, -0.25) is 0 Å². The molecule has 0 aromatic heterocycles. The fourth-order valence-electron chi connectivity index (χ4n) is 0.944. The first kappa shape index (κ1) is 11.6. The van der Waals surface area contributed by atoms with E-state index in [0.29, 0.717) is 24.3 Å². The highest BCUT2D eigenvalue weighted by Crippen LogP contribution is 2.15. The highest BCUT2D eigenvalue weighted by molar-refractivity contribution is 6.19. The van der Waals surface area contributed by atoms with E-state index < -0.39 is 0 Å². The van der Waals surface area contributed by atoms with Crippen LogP contribution in [0.3, 0.4) is 0 Å². The lowest BCUT2D eigenvalue weighted by molar-refractivity contribution is 0.224. The van der Waals surface area contributed by atoms with Crippen LogP contribution >= 0.6 is 0 Å². The van der Waals surface area contributed by atoms with E-state index in [0.717, 1.165) is 0 Å². The summed E-state index contributed by atoms with van der Waals surface area (Å²) in [6, 6.07) is 8.89. The maximum absolute atomic E-state index is 8.74. The Morgan fingerprint density at radius 2 is 2.20 bits per heavy atom. The lowest BCUT2D eigenvalue weighted by Crippen LogP contribution is -2.10. The van der Waals surface area contributed by atoms with Crippen LogP contribution in [0, 0.1) is 11.3 Å². The SMILES string of the molecule is N#Cc1ccccc1O[B]OCCCO. The van der Waals surface area contributed by atoms with Gasteiger partial charge in [-0.25, -0.2) is 0 Å². The molecular weight excluding hydrogens is 193 g/mol. The minimum atomic E-state index is 0.0859. The van der Waals surface area contributed by atoms with Gasteiger partial charge in [0.25, 0.3) is 0 Å². The predicted molar refractivity (Wildman–Crippen MR) is 55.2 cm³/mol. The fourth-order valence-corrected chi connectivity index (χ4v) is 0.944. The van der Waals surface area contributed by atoms with Gasteiger partial charge in [0.15, 0.2) is 0 Å². The Labute approximate surface area is 89.4 Å². The van der Waals surface area contributed by atoms with Crippen molar-refractivity contribution in [2.45, 2.75) is 6.42 Å². The summed E-state index contributed by atoms with van der Waals surface area (Å²) in [5.41, 5.74) is 0.458. The summed E-state index contributed by atoms with van der Waals surface area (Å²) >= 11 is 0. The zero-order valence-electron chi connectivity index (χ0n) is 8.22. The molecule has 1 N–H and O–H groups in total. The van der Waals surface area contributed by atoms with Gasteiger partial charge in [-0.05, 0) is 18.6 Å². The summed E-state index contributed by atoms with van der Waals surface area (Å²) in [5.74, 6) is 0.462. The van der Waals surface area contributed by atoms with E-state index in [1.807, 2.05) is 6.07 Å². The van der Waals surface area contributed by atoms with Gasteiger partial charge in [0.05, 0.1) is 5.56 Å². The van der Waals surface area contributed by atoms with Crippen molar-refractivity contribution < 1.29 is 14.4 Å². The fraction of sp³-hybridized carbons (Fsp3) is 0.300. The number of nitriles is 1. The topological polar surface area (TPSA) is 62.5 Å². The number of rotatable bonds is 6. The molecule has 15 heavy (non-hydrogen) atoms. The first-order chi connectivity index (χ1) is 7.38. The van der Waals surface area contributed by atoms with Crippen LogP contribution in [0.2, 0.25) is 0 Å². The van der Waals surface area contributed by atoms with Crippen LogP contribution in [0.15, 0.2) is 24.3 Å². The molecule has 0 atom stereocenters. The third-order valence-corrected chi connectivity index (χ3v) is 1.67. The van der Waals surface area contributed by atoms with Gasteiger partial charge in [-0.2, -0.15) is 5.26 Å². The van der Waals surface area contributed by atoms with Gasteiger partial charge in [-0.1, -0.05) is 12.1 Å². The van der Waals surface area contributed by atoms with E-state index in [-0.39, 0.29) is 6.61 Å². The van der Waals surface area contributed by atoms with Crippen LogP contribution < -0.4 is 4.65 Å². The van der Waals surface area contributed by atoms with E-state index in [1.165, 1.54) is 7.69 Å². The Morgan fingerprint density at radius 1 is 1.40 bits per heavy atom. The lowest BCUT2D eigenvalue weighted by atomic mass is 10.2. The zero-order chi connectivity index (χ0) is 10.9. The number of aliphatic hydroxyl groups excluding tert-OH is 1. The minimum absolute atomic E-state index is 0.0859. The Kier molecular flexibility index (Phi) is 5.30. The van der Waals surface area contributed by atoms with E-state index >= 15 is 0 Å². The largest absolute Gasteiger partial charge is 0.572 e. The van der Waals surface area contributed by atoms with E-state index in [9.17, 15) is 0 Å². The lowest BCUT2D eigenvalue weighted by Gasteiger charge is -2.05. The molecule has 0 aliphatic carbocycles. The molecular formula is C10H11BNO3. The molecule has 1 radical (unpaired) electrons. The second-order valence-electron chi connectivity index (χ2n) is 2.77. The van der Waals surface area contributed by atoms with Crippen molar-refractivity contribution in [1.82, 2.24) is 0 Å². The first-order valence-corrected chi connectivity index (χ1v) is 4.58. The van der Waals surface area contributed by atoms with Crippen LogP contribution in [-0.4, -0.2) is 26.0 Å². The van der Waals surface area contributed by atoms with Gasteiger partial charge in [0.1, 0.15) is 11.8 Å². The van der Waals surface area contributed by atoms with Crippen molar-refractivity contribution in [3.63, 3.8) is 0 Å². The third-order valence-electron chi connectivity index (χ3n) is 1.67. The maximum atomic E-state index is 8.74. The van der Waals surface area contributed by atoms with Crippen molar-refractivity contribution in [2.75, 3.05) is 13.2 Å². The van der Waals surface area contributed by atoms with Crippen LogP contribution in [0.1, 0.15) is 12.0 Å². The number of aliphatic hydroxyl groups is 1. The quantitative estimate of drug-likeness (QED) is 0.551. The molecule has 5 heteroatoms. The van der Waals surface area contributed by atoms with Crippen LogP contribution in [-0.2, 0) is 4.65 Å². The van der Waals surface area contributed by atoms with Gasteiger partial charge >= 0.3 is 7.69 Å². The van der Waals surface area contributed by atoms with Crippen molar-refractivity contribution in [1.29, 1.82) is 5.26 Å². The van der Waals surface area contributed by atoms with Gasteiger partial charge in [0.2, 0.25) is 0 Å². The average Bonchev–Trinajstić information content (AvgIpc) is 2.29. The molecule has 0 saturated heterocycles. The minimum Gasteiger partial charge on any atom is -0.536 e. The molecule has 0 bridgehead atoms. The summed E-state index contributed by atoms with van der Waals surface area (Å²) in [6.45, 7) is 0.480. The molecule has 77 valence electrons. The maximum Gasteiger partial charge on any atom is 0.572 e. The second kappa shape index (κ2) is 6.88. The molecule has 0 unspecified atom stereocenters. The predicted octanol–water partition coefficient (Wildman–Crippen LogP) is 0.870. The molecule has 4 nitrogen and oxygen atoms in total. The van der Waals surface area contributed by atoms with Gasteiger partial charge in [0, 0.05) is 13.2 Å². The molecule has 0 heterocycles. The molecule has 1 aromatic carbocycles. The number of benzene rings is 1. The van der Waals surface area contributed by atoms with Gasteiger partial charge in [-0.15, -0.1) is 0 Å². The molecule has 1 aromatic rings. The Hall–Kier alpha value is -1.51. The molecule has 1 rings (SSSR count). The van der Waals surface area contributed by atoms with E-state index in [1.54, 1.807) is 24.3 Å². The molecule has 0 spiro atoms. The third kappa shape index (κ3) is 4.02. The van der Waals surface area contributed by atoms with Crippen LogP contribution in [0.4, 0.5) is 0 Å². The van der Waals surface area contributed by atoms with Crippen molar-refractivity contribution in [3.8, 4) is 11.8 Å². The Morgan fingerprint density at radius 3 is 2.93 bits per heavy atom. The highest BCUT2D eigenvalue weighted by Gasteiger charge is 2.03. The normalized spacial score (nSPS) is 9.33. The van der Waals surface area contributed by atoms with Crippen molar-refractivity contribution in [3.05, 3.63) is 29.8 Å². The molecule has 0 aliphatic rings. The van der Waals surface area contributed by atoms with Crippen LogP contribution in [0.25, 0.3) is 0 Å². The van der Waals surface area contributed by atoms with Crippen molar-refractivity contribution >= 4 is 7.69 Å². The van der Waals surface area contributed by atoms with Gasteiger partial charge < -0.3 is 14.4 Å². The number of hydrogen-bond donors (Lipinski definition) is 1. The molecule has 0 saturated carbocycles. The first-order valence-electron chi connectivity index (χ1n) is 4.58. The Balaban J connectivity index is 2.34. The zero-order valence-corrected chi connectivity index (χ0v) is 8.22. The molecule has 0 amide bonds. The standard InChI is InChI=1S/C10H11BNO3/c12-8-9-4-1-2-5-10(9)15-11-14-7-3-6-13/h1-2,4-5,13H,3,6-7H2.